The summed E-state index contributed by atoms with van der Waals surface area (Å²) in [7, 11) is 0. The molecule has 0 bridgehead atoms. The highest BCUT2D eigenvalue weighted by Crippen LogP contribution is 2.20. The van der Waals surface area contributed by atoms with Gasteiger partial charge in [-0.05, 0) is 49.2 Å². The highest BCUT2D eigenvalue weighted by atomic mass is 16.5. The number of hydrogen-bond acceptors (Lipinski definition) is 3. The fraction of sp³-hybridized carbons (Fsp3) is 0.235. The predicted octanol–water partition coefficient (Wildman–Crippen LogP) is 3.62. The summed E-state index contributed by atoms with van der Waals surface area (Å²) in [5.74, 6) is 0.527. The molecule has 110 valence electrons. The first-order valence-corrected chi connectivity index (χ1v) is 7.00. The molecule has 0 spiro atoms. The highest BCUT2D eigenvalue weighted by Gasteiger charge is 2.09. The number of rotatable bonds is 5. The summed E-state index contributed by atoms with van der Waals surface area (Å²) in [6, 6.07) is 12.6. The Balaban J connectivity index is 2.14. The number of anilines is 2. The molecule has 2 aromatic carbocycles. The van der Waals surface area contributed by atoms with Crippen LogP contribution in [0.15, 0.2) is 42.5 Å². The third kappa shape index (κ3) is 3.99. The van der Waals surface area contributed by atoms with Crippen LogP contribution < -0.4 is 15.8 Å². The van der Waals surface area contributed by atoms with Crippen molar-refractivity contribution in [1.82, 2.24) is 0 Å². The maximum Gasteiger partial charge on any atom is 0.255 e. The Kier molecular flexibility index (Phi) is 4.82. The minimum Gasteiger partial charge on any atom is -0.494 e. The fourth-order valence-corrected chi connectivity index (χ4v) is 1.92. The van der Waals surface area contributed by atoms with Crippen molar-refractivity contribution in [3.63, 3.8) is 0 Å². The maximum atomic E-state index is 12.3. The van der Waals surface area contributed by atoms with Gasteiger partial charge in [-0.15, -0.1) is 0 Å². The summed E-state index contributed by atoms with van der Waals surface area (Å²) < 4.78 is 5.54. The maximum absolute atomic E-state index is 12.3. The second kappa shape index (κ2) is 6.79. The first kappa shape index (κ1) is 14.9. The monoisotopic (exact) mass is 284 g/mol. The van der Waals surface area contributed by atoms with Gasteiger partial charge in [0.2, 0.25) is 0 Å². The van der Waals surface area contributed by atoms with E-state index in [0.29, 0.717) is 23.6 Å². The van der Waals surface area contributed by atoms with Crippen LogP contribution in [0.4, 0.5) is 11.4 Å². The van der Waals surface area contributed by atoms with E-state index in [2.05, 4.69) is 5.32 Å². The largest absolute Gasteiger partial charge is 0.494 e. The average Bonchev–Trinajstić information content (AvgIpc) is 2.49. The summed E-state index contributed by atoms with van der Waals surface area (Å²) in [5.41, 5.74) is 8.62. The molecular formula is C17H20N2O2. The zero-order chi connectivity index (χ0) is 15.2. The van der Waals surface area contributed by atoms with Crippen molar-refractivity contribution in [2.24, 2.45) is 0 Å². The van der Waals surface area contributed by atoms with Crippen molar-refractivity contribution in [3.05, 3.63) is 53.6 Å². The van der Waals surface area contributed by atoms with E-state index >= 15 is 0 Å². The summed E-state index contributed by atoms with van der Waals surface area (Å²) in [4.78, 5) is 12.3. The quantitative estimate of drug-likeness (QED) is 0.824. The highest BCUT2D eigenvalue weighted by molar-refractivity contribution is 6.05. The number of carbonyl (C=O) groups excluding carboxylic acids is 1. The Hall–Kier alpha value is -2.49. The van der Waals surface area contributed by atoms with Gasteiger partial charge in [-0.3, -0.25) is 4.79 Å². The minimum absolute atomic E-state index is 0.175. The van der Waals surface area contributed by atoms with Crippen LogP contribution in [-0.4, -0.2) is 12.5 Å². The van der Waals surface area contributed by atoms with Gasteiger partial charge in [0.25, 0.3) is 5.91 Å². The Labute approximate surface area is 124 Å². The number of benzene rings is 2. The second-order valence-electron chi connectivity index (χ2n) is 4.90. The molecule has 0 aliphatic rings. The summed E-state index contributed by atoms with van der Waals surface area (Å²) >= 11 is 0. The van der Waals surface area contributed by atoms with E-state index in [-0.39, 0.29) is 5.91 Å². The van der Waals surface area contributed by atoms with Gasteiger partial charge in [0.1, 0.15) is 5.75 Å². The lowest BCUT2D eigenvalue weighted by molar-refractivity contribution is 0.102. The van der Waals surface area contributed by atoms with E-state index < -0.39 is 0 Å². The van der Waals surface area contributed by atoms with Gasteiger partial charge >= 0.3 is 0 Å². The van der Waals surface area contributed by atoms with Crippen LogP contribution in [-0.2, 0) is 0 Å². The van der Waals surface area contributed by atoms with Crippen molar-refractivity contribution < 1.29 is 9.53 Å². The first-order valence-electron chi connectivity index (χ1n) is 7.00. The van der Waals surface area contributed by atoms with Crippen molar-refractivity contribution in [2.45, 2.75) is 20.3 Å². The van der Waals surface area contributed by atoms with Crippen molar-refractivity contribution in [3.8, 4) is 5.75 Å². The van der Waals surface area contributed by atoms with E-state index in [4.69, 9.17) is 10.5 Å². The van der Waals surface area contributed by atoms with Gasteiger partial charge in [-0.2, -0.15) is 0 Å². The topological polar surface area (TPSA) is 64.3 Å². The van der Waals surface area contributed by atoms with Crippen molar-refractivity contribution >= 4 is 17.3 Å². The molecule has 0 atom stereocenters. The molecule has 0 aromatic heterocycles. The SMILES string of the molecule is CCCOc1cccc(C(=O)Nc2cc(N)ccc2C)c1. The van der Waals surface area contributed by atoms with E-state index in [1.54, 1.807) is 18.2 Å². The smallest absolute Gasteiger partial charge is 0.255 e. The van der Waals surface area contributed by atoms with Gasteiger partial charge in [0.05, 0.1) is 6.61 Å². The Bertz CT molecular complexity index is 638. The molecule has 0 radical (unpaired) electrons. The average molecular weight is 284 g/mol. The van der Waals surface area contributed by atoms with Gasteiger partial charge in [-0.1, -0.05) is 19.1 Å². The number of amides is 1. The van der Waals surface area contributed by atoms with E-state index in [9.17, 15) is 4.79 Å². The Morgan fingerprint density at radius 2 is 2.05 bits per heavy atom. The van der Waals surface area contributed by atoms with E-state index in [1.165, 1.54) is 0 Å². The predicted molar refractivity (Wildman–Crippen MR) is 85.8 cm³/mol. The molecule has 0 saturated carbocycles. The zero-order valence-electron chi connectivity index (χ0n) is 12.3. The number of carbonyl (C=O) groups is 1. The lowest BCUT2D eigenvalue weighted by Crippen LogP contribution is -2.13. The molecule has 1 amide bonds. The summed E-state index contributed by atoms with van der Waals surface area (Å²) in [6.45, 7) is 4.61. The molecule has 21 heavy (non-hydrogen) atoms. The van der Waals surface area contributed by atoms with Crippen LogP contribution in [0.3, 0.4) is 0 Å². The van der Waals surface area contributed by atoms with Crippen LogP contribution in [0.1, 0.15) is 29.3 Å². The molecule has 0 saturated heterocycles. The van der Waals surface area contributed by atoms with Crippen LogP contribution in [0, 0.1) is 6.92 Å². The van der Waals surface area contributed by atoms with Gasteiger partial charge < -0.3 is 15.8 Å². The molecular weight excluding hydrogens is 264 g/mol. The van der Waals surface area contributed by atoms with E-state index in [0.717, 1.165) is 17.7 Å². The molecule has 0 heterocycles. The standard InChI is InChI=1S/C17H20N2O2/c1-3-9-21-15-6-4-5-13(10-15)17(20)19-16-11-14(18)8-7-12(16)2/h4-8,10-11H,3,9,18H2,1-2H3,(H,19,20). The normalized spacial score (nSPS) is 10.2. The van der Waals surface area contributed by atoms with Crippen molar-refractivity contribution in [1.29, 1.82) is 0 Å². The molecule has 0 aliphatic carbocycles. The van der Waals surface area contributed by atoms with E-state index in [1.807, 2.05) is 38.1 Å². The number of ether oxygens (including phenoxy) is 1. The lowest BCUT2D eigenvalue weighted by atomic mass is 10.1. The lowest BCUT2D eigenvalue weighted by Gasteiger charge is -2.10. The third-order valence-corrected chi connectivity index (χ3v) is 3.08. The van der Waals surface area contributed by atoms with Crippen LogP contribution in [0.25, 0.3) is 0 Å². The van der Waals surface area contributed by atoms with Crippen LogP contribution in [0.5, 0.6) is 5.75 Å². The van der Waals surface area contributed by atoms with Gasteiger partial charge in [0.15, 0.2) is 0 Å². The first-order chi connectivity index (χ1) is 10.1. The molecule has 0 fully saturated rings. The number of aryl methyl sites for hydroxylation is 1. The molecule has 4 nitrogen and oxygen atoms in total. The molecule has 2 rings (SSSR count). The number of nitrogen functional groups attached to an aromatic ring is 1. The van der Waals surface area contributed by atoms with Crippen LogP contribution in [0.2, 0.25) is 0 Å². The Morgan fingerprint density at radius 3 is 2.81 bits per heavy atom. The summed E-state index contributed by atoms with van der Waals surface area (Å²) in [5, 5.41) is 2.88. The van der Waals surface area contributed by atoms with Crippen molar-refractivity contribution in [2.75, 3.05) is 17.7 Å². The molecule has 0 unspecified atom stereocenters. The van der Waals surface area contributed by atoms with Gasteiger partial charge in [-0.25, -0.2) is 0 Å². The number of nitrogens with one attached hydrogen (secondary N) is 1. The Morgan fingerprint density at radius 1 is 1.24 bits per heavy atom. The van der Waals surface area contributed by atoms with Gasteiger partial charge in [0, 0.05) is 16.9 Å². The molecule has 0 aliphatic heterocycles. The molecule has 3 N–H and O–H groups in total. The third-order valence-electron chi connectivity index (χ3n) is 3.08. The van der Waals surface area contributed by atoms with Crippen LogP contribution >= 0.6 is 0 Å². The molecule has 4 heteroatoms. The number of hydrogen-bond donors (Lipinski definition) is 2. The zero-order valence-corrected chi connectivity index (χ0v) is 12.3. The fourth-order valence-electron chi connectivity index (χ4n) is 1.92. The second-order valence-corrected chi connectivity index (χ2v) is 4.90. The molecule has 2 aromatic rings. The summed E-state index contributed by atoms with van der Waals surface area (Å²) in [6.07, 6.45) is 0.929. The minimum atomic E-state index is -0.175. The number of nitrogens with two attached hydrogens (primary N) is 1.